The summed E-state index contributed by atoms with van der Waals surface area (Å²) in [5.41, 5.74) is 5.14. The second-order valence-corrected chi connectivity index (χ2v) is 8.34. The average molecular weight is 418 g/mol. The first-order chi connectivity index (χ1) is 14.6. The summed E-state index contributed by atoms with van der Waals surface area (Å²) in [5.74, 6) is -0.242. The van der Waals surface area contributed by atoms with Crippen LogP contribution in [-0.4, -0.2) is 32.4 Å². The first-order valence-electron chi connectivity index (χ1n) is 9.90. The molecule has 2 aromatic heterocycles. The molecule has 2 heterocycles. The Morgan fingerprint density at radius 3 is 2.67 bits per heavy atom. The molecule has 4 rings (SSSR count). The minimum absolute atomic E-state index is 0.242. The van der Waals surface area contributed by atoms with Crippen molar-refractivity contribution in [3.63, 3.8) is 0 Å². The molecule has 0 aliphatic carbocycles. The van der Waals surface area contributed by atoms with Crippen LogP contribution < -0.4 is 0 Å². The predicted molar refractivity (Wildman–Crippen MR) is 121 cm³/mol. The quantitative estimate of drug-likeness (QED) is 0.238. The molecule has 30 heavy (non-hydrogen) atoms. The molecule has 0 fully saturated rings. The Labute approximate surface area is 180 Å². The maximum Gasteiger partial charge on any atom is 0.319 e. The molecule has 0 amide bonds. The Hall–Kier alpha value is -3.12. The molecule has 0 unspecified atom stereocenters. The van der Waals surface area contributed by atoms with Crippen LogP contribution in [0.15, 0.2) is 72.1 Å². The number of carbonyl (C=O) groups is 1. The minimum atomic E-state index is -0.367. The van der Waals surface area contributed by atoms with E-state index >= 15 is 0 Å². The predicted octanol–water partition coefficient (Wildman–Crippen LogP) is 5.44. The van der Waals surface area contributed by atoms with E-state index in [-0.39, 0.29) is 11.2 Å². The van der Waals surface area contributed by atoms with Crippen LogP contribution in [0.2, 0.25) is 0 Å². The lowest BCUT2D eigenvalue weighted by atomic mass is 10.1. The lowest BCUT2D eigenvalue weighted by molar-refractivity contribution is -0.142. The summed E-state index contributed by atoms with van der Waals surface area (Å²) < 4.78 is 7.27. The first-order valence-corrected chi connectivity index (χ1v) is 10.8. The van der Waals surface area contributed by atoms with Crippen LogP contribution in [0.5, 0.6) is 0 Å². The van der Waals surface area contributed by atoms with Crippen molar-refractivity contribution in [1.29, 1.82) is 0 Å². The lowest BCUT2D eigenvalue weighted by Crippen LogP contribution is -2.16. The highest BCUT2D eigenvalue weighted by Crippen LogP contribution is 2.38. The van der Waals surface area contributed by atoms with Crippen LogP contribution in [0.25, 0.3) is 27.8 Å². The van der Waals surface area contributed by atoms with E-state index in [0.29, 0.717) is 6.61 Å². The van der Waals surface area contributed by atoms with Gasteiger partial charge in [0.15, 0.2) is 0 Å². The van der Waals surface area contributed by atoms with Gasteiger partial charge in [0.05, 0.1) is 12.0 Å². The molecule has 0 aliphatic rings. The van der Waals surface area contributed by atoms with Crippen LogP contribution >= 0.6 is 11.8 Å². The molecule has 5 nitrogen and oxygen atoms in total. The highest BCUT2D eigenvalue weighted by molar-refractivity contribution is 8.00. The number of rotatable bonds is 6. The largest absolute Gasteiger partial charge is 0.465 e. The fourth-order valence-corrected chi connectivity index (χ4v) is 4.34. The van der Waals surface area contributed by atoms with Crippen LogP contribution in [0.3, 0.4) is 0 Å². The van der Waals surface area contributed by atoms with Gasteiger partial charge >= 0.3 is 5.97 Å². The van der Waals surface area contributed by atoms with Gasteiger partial charge < -0.3 is 9.30 Å². The number of hydrogen-bond acceptors (Lipinski definition) is 5. The number of aromatic nitrogens is 3. The van der Waals surface area contributed by atoms with Gasteiger partial charge in [0, 0.05) is 17.4 Å². The summed E-state index contributed by atoms with van der Waals surface area (Å²) in [5, 5.41) is 1.34. The van der Waals surface area contributed by atoms with Crippen molar-refractivity contribution >= 4 is 28.8 Å². The molecule has 0 spiro atoms. The van der Waals surface area contributed by atoms with E-state index in [1.165, 1.54) is 17.3 Å². The minimum Gasteiger partial charge on any atom is -0.465 e. The Kier molecular flexibility index (Phi) is 5.86. The van der Waals surface area contributed by atoms with E-state index in [9.17, 15) is 4.79 Å². The molecular weight excluding hydrogens is 394 g/mol. The van der Waals surface area contributed by atoms with Gasteiger partial charge in [0.25, 0.3) is 0 Å². The molecule has 152 valence electrons. The van der Waals surface area contributed by atoms with Crippen molar-refractivity contribution in [3.05, 3.63) is 72.7 Å². The SMILES string of the molecule is CCOC(=O)[C@H](C)Sc1ncnc2c1c(-c1ccccc1)cn2-c1cccc(C)c1. The molecule has 4 aromatic rings. The number of carbonyl (C=O) groups excluding carboxylic acids is 1. The van der Waals surface area contributed by atoms with Gasteiger partial charge in [0.1, 0.15) is 22.3 Å². The zero-order valence-corrected chi connectivity index (χ0v) is 18.0. The van der Waals surface area contributed by atoms with E-state index in [0.717, 1.165) is 32.9 Å². The lowest BCUT2D eigenvalue weighted by Gasteiger charge is -2.11. The molecule has 1 atom stereocenters. The van der Waals surface area contributed by atoms with Crippen molar-refractivity contribution in [2.75, 3.05) is 6.61 Å². The van der Waals surface area contributed by atoms with Gasteiger partial charge in [-0.15, -0.1) is 0 Å². The van der Waals surface area contributed by atoms with E-state index < -0.39 is 0 Å². The number of esters is 1. The number of nitrogens with zero attached hydrogens (tertiary/aromatic N) is 3. The Morgan fingerprint density at radius 2 is 1.93 bits per heavy atom. The molecule has 0 saturated carbocycles. The van der Waals surface area contributed by atoms with Crippen LogP contribution in [0.4, 0.5) is 0 Å². The molecular formula is C24H23N3O2S. The molecule has 0 bridgehead atoms. The van der Waals surface area contributed by atoms with Gasteiger partial charge in [-0.1, -0.05) is 54.2 Å². The third-order valence-electron chi connectivity index (χ3n) is 4.82. The van der Waals surface area contributed by atoms with Gasteiger partial charge in [-0.05, 0) is 44.0 Å². The van der Waals surface area contributed by atoms with E-state index in [1.807, 2.05) is 38.1 Å². The van der Waals surface area contributed by atoms with Crippen molar-refractivity contribution in [2.45, 2.75) is 31.0 Å². The Bertz CT molecular complexity index is 1190. The Morgan fingerprint density at radius 1 is 1.13 bits per heavy atom. The zero-order valence-electron chi connectivity index (χ0n) is 17.2. The van der Waals surface area contributed by atoms with Crippen molar-refractivity contribution in [3.8, 4) is 16.8 Å². The zero-order chi connectivity index (χ0) is 21.1. The summed E-state index contributed by atoms with van der Waals surface area (Å²) in [4.78, 5) is 21.3. The van der Waals surface area contributed by atoms with Crippen LogP contribution in [-0.2, 0) is 9.53 Å². The number of fused-ring (bicyclic) bond motifs is 1. The number of hydrogen-bond donors (Lipinski definition) is 0. The van der Waals surface area contributed by atoms with E-state index in [2.05, 4.69) is 58.0 Å². The fourth-order valence-electron chi connectivity index (χ4n) is 3.41. The second kappa shape index (κ2) is 8.71. The summed E-state index contributed by atoms with van der Waals surface area (Å²) in [7, 11) is 0. The smallest absolute Gasteiger partial charge is 0.319 e. The van der Waals surface area contributed by atoms with E-state index in [4.69, 9.17) is 4.74 Å². The highest BCUT2D eigenvalue weighted by Gasteiger charge is 2.22. The summed E-state index contributed by atoms with van der Waals surface area (Å²) in [6, 6.07) is 18.5. The molecule has 6 heteroatoms. The number of benzene rings is 2. The van der Waals surface area contributed by atoms with Crippen LogP contribution in [0, 0.1) is 6.92 Å². The first kappa shape index (κ1) is 20.2. The highest BCUT2D eigenvalue weighted by atomic mass is 32.2. The average Bonchev–Trinajstić information content (AvgIpc) is 3.15. The summed E-state index contributed by atoms with van der Waals surface area (Å²) in [6.45, 7) is 6.09. The number of ether oxygens (including phenoxy) is 1. The summed E-state index contributed by atoms with van der Waals surface area (Å²) in [6.07, 6.45) is 3.66. The molecule has 0 saturated heterocycles. The van der Waals surface area contributed by atoms with Crippen LogP contribution in [0.1, 0.15) is 19.4 Å². The molecule has 0 aliphatic heterocycles. The van der Waals surface area contributed by atoms with Crippen molar-refractivity contribution in [1.82, 2.24) is 14.5 Å². The van der Waals surface area contributed by atoms with Gasteiger partial charge in [-0.25, -0.2) is 9.97 Å². The Balaban J connectivity index is 1.91. The topological polar surface area (TPSA) is 57.0 Å². The van der Waals surface area contributed by atoms with Crippen molar-refractivity contribution < 1.29 is 9.53 Å². The number of aryl methyl sites for hydroxylation is 1. The maximum absolute atomic E-state index is 12.2. The second-order valence-electron chi connectivity index (χ2n) is 7.01. The normalized spacial score (nSPS) is 12.1. The van der Waals surface area contributed by atoms with Gasteiger partial charge in [-0.2, -0.15) is 0 Å². The third kappa shape index (κ3) is 3.96. The standard InChI is InChI=1S/C24H23N3O2S/c1-4-29-24(28)17(3)30-23-21-20(18-10-6-5-7-11-18)14-27(22(21)25-15-26-23)19-12-8-9-16(2)13-19/h5-15,17H,4H2,1-3H3/t17-/m0/s1. The number of thioether (sulfide) groups is 1. The van der Waals surface area contributed by atoms with Gasteiger partial charge in [-0.3, -0.25) is 4.79 Å². The summed E-state index contributed by atoms with van der Waals surface area (Å²) >= 11 is 1.40. The molecule has 0 radical (unpaired) electrons. The van der Waals surface area contributed by atoms with E-state index in [1.54, 1.807) is 6.33 Å². The fraction of sp³-hybridized carbons (Fsp3) is 0.208. The van der Waals surface area contributed by atoms with Crippen molar-refractivity contribution in [2.24, 2.45) is 0 Å². The molecule has 0 N–H and O–H groups in total. The monoisotopic (exact) mass is 417 g/mol. The third-order valence-corrected chi connectivity index (χ3v) is 5.90. The molecule has 2 aromatic carbocycles. The van der Waals surface area contributed by atoms with Gasteiger partial charge in [0.2, 0.25) is 0 Å². The maximum atomic E-state index is 12.2.